The first kappa shape index (κ1) is 33.8. The zero-order valence-electron chi connectivity index (χ0n) is 26.1. The third-order valence-electron chi connectivity index (χ3n) is 7.78. The number of unbranched alkanes of at least 4 members (excludes halogenated alkanes) is 15. The van der Waals surface area contributed by atoms with Crippen LogP contribution in [0.4, 0.5) is 10.5 Å². The van der Waals surface area contributed by atoms with Crippen LogP contribution in [0.5, 0.6) is 28.7 Å². The molecule has 0 spiro atoms. The number of nitrogens with two attached hydrogens (primary N) is 1. The van der Waals surface area contributed by atoms with Gasteiger partial charge in [-0.3, -0.25) is 4.90 Å². The van der Waals surface area contributed by atoms with E-state index in [1.165, 1.54) is 89.9 Å². The van der Waals surface area contributed by atoms with Crippen molar-refractivity contribution in [3.63, 3.8) is 0 Å². The average molecular weight is 589 g/mol. The molecule has 43 heavy (non-hydrogen) atoms. The zero-order chi connectivity index (χ0) is 30.5. The topological polar surface area (TPSA) is 85.0 Å². The van der Waals surface area contributed by atoms with Gasteiger partial charge in [0.15, 0.2) is 0 Å². The monoisotopic (exact) mass is 588 g/mol. The third-order valence-corrected chi connectivity index (χ3v) is 7.78. The normalized spacial score (nSPS) is 10.9. The van der Waals surface area contributed by atoms with E-state index in [1.807, 2.05) is 48.5 Å². The highest BCUT2D eigenvalue weighted by molar-refractivity contribution is 5.90. The van der Waals surface area contributed by atoms with E-state index < -0.39 is 6.03 Å². The Hall–Kier alpha value is -3.67. The van der Waals surface area contributed by atoms with Crippen LogP contribution in [0, 0.1) is 0 Å². The van der Waals surface area contributed by atoms with E-state index in [-0.39, 0.29) is 5.75 Å². The molecule has 3 rings (SSSR count). The first-order valence-corrected chi connectivity index (χ1v) is 16.5. The molecule has 6 nitrogen and oxygen atoms in total. The molecule has 0 aromatic heterocycles. The lowest BCUT2D eigenvalue weighted by Gasteiger charge is -2.21. The highest BCUT2D eigenvalue weighted by Crippen LogP contribution is 2.29. The molecular formula is C37H52N2O4. The molecule has 0 atom stereocenters. The van der Waals surface area contributed by atoms with Crippen LogP contribution in [0.3, 0.4) is 0 Å². The predicted molar refractivity (Wildman–Crippen MR) is 178 cm³/mol. The maximum Gasteiger partial charge on any atom is 0.319 e. The number of phenolic OH excluding ortho intramolecular Hbond substituents is 1. The number of carbonyl (C=O) groups excluding carboxylic acids is 1. The highest BCUT2D eigenvalue weighted by Gasteiger charge is 2.12. The molecule has 0 bridgehead atoms. The van der Waals surface area contributed by atoms with Crippen LogP contribution < -0.4 is 20.1 Å². The number of rotatable bonds is 22. The molecular weight excluding hydrogens is 536 g/mol. The van der Waals surface area contributed by atoms with Crippen molar-refractivity contribution in [2.75, 3.05) is 11.4 Å². The summed E-state index contributed by atoms with van der Waals surface area (Å²) in [4.78, 5) is 13.8. The minimum Gasteiger partial charge on any atom is -0.508 e. The van der Waals surface area contributed by atoms with E-state index >= 15 is 0 Å². The Morgan fingerprint density at radius 1 is 0.558 bits per heavy atom. The van der Waals surface area contributed by atoms with E-state index in [0.717, 1.165) is 18.5 Å². The molecule has 0 heterocycles. The largest absolute Gasteiger partial charge is 0.508 e. The molecule has 3 aromatic carbocycles. The smallest absolute Gasteiger partial charge is 0.319 e. The highest BCUT2D eigenvalue weighted by atomic mass is 16.5. The number of hydrogen-bond donors (Lipinski definition) is 2. The van der Waals surface area contributed by atoms with Crippen LogP contribution in [-0.2, 0) is 0 Å². The third kappa shape index (κ3) is 13.9. The lowest BCUT2D eigenvalue weighted by molar-refractivity contribution is 0.253. The number of primary amides is 1. The van der Waals surface area contributed by atoms with Gasteiger partial charge in [0, 0.05) is 12.2 Å². The number of ether oxygens (including phenoxy) is 2. The van der Waals surface area contributed by atoms with E-state index in [0.29, 0.717) is 29.5 Å². The summed E-state index contributed by atoms with van der Waals surface area (Å²) in [6.07, 6.45) is 21.1. The first-order chi connectivity index (χ1) is 21.0. The van der Waals surface area contributed by atoms with Crippen molar-refractivity contribution < 1.29 is 19.4 Å². The van der Waals surface area contributed by atoms with Gasteiger partial charge in [-0.1, -0.05) is 103 Å². The van der Waals surface area contributed by atoms with Gasteiger partial charge in [-0.05, 0) is 79.2 Å². The van der Waals surface area contributed by atoms with Gasteiger partial charge in [0.2, 0.25) is 0 Å². The molecule has 0 radical (unpaired) electrons. The number of carbonyl (C=O) groups is 1. The number of aromatic hydroxyl groups is 1. The molecule has 2 amide bonds. The second-order valence-electron chi connectivity index (χ2n) is 11.5. The number of urea groups is 1. The molecule has 0 saturated heterocycles. The number of anilines is 1. The van der Waals surface area contributed by atoms with Gasteiger partial charge in [-0.15, -0.1) is 0 Å². The summed E-state index contributed by atoms with van der Waals surface area (Å²) < 4.78 is 11.7. The van der Waals surface area contributed by atoms with Gasteiger partial charge >= 0.3 is 6.03 Å². The Morgan fingerprint density at radius 3 is 1.26 bits per heavy atom. The van der Waals surface area contributed by atoms with Gasteiger partial charge < -0.3 is 20.3 Å². The molecule has 0 unspecified atom stereocenters. The molecule has 0 aliphatic carbocycles. The molecule has 3 N–H and O–H groups in total. The Bertz CT molecular complexity index is 1150. The SMILES string of the molecule is CCCCCCCCCCCCCCCCCCN(C(N)=O)c1ccc(Oc2ccc(Oc3ccc(O)cc3)cc2)cc1. The molecule has 234 valence electrons. The van der Waals surface area contributed by atoms with Crippen LogP contribution in [-0.4, -0.2) is 17.7 Å². The number of amides is 2. The predicted octanol–water partition coefficient (Wildman–Crippen LogP) is 11.1. The van der Waals surface area contributed by atoms with Crippen LogP contribution in [0.2, 0.25) is 0 Å². The first-order valence-electron chi connectivity index (χ1n) is 16.5. The van der Waals surface area contributed by atoms with Crippen molar-refractivity contribution in [1.29, 1.82) is 0 Å². The van der Waals surface area contributed by atoms with Crippen LogP contribution >= 0.6 is 0 Å². The summed E-state index contributed by atoms with van der Waals surface area (Å²) in [5.74, 6) is 2.84. The molecule has 0 aliphatic rings. The molecule has 3 aromatic rings. The van der Waals surface area contributed by atoms with Gasteiger partial charge in [0.25, 0.3) is 0 Å². The summed E-state index contributed by atoms with van der Waals surface area (Å²) in [7, 11) is 0. The van der Waals surface area contributed by atoms with Crippen molar-refractivity contribution in [3.8, 4) is 28.7 Å². The summed E-state index contributed by atoms with van der Waals surface area (Å²) in [6, 6.07) is 20.9. The van der Waals surface area contributed by atoms with E-state index in [4.69, 9.17) is 15.2 Å². The zero-order valence-corrected chi connectivity index (χ0v) is 26.1. The number of phenols is 1. The van der Waals surface area contributed by atoms with E-state index in [1.54, 1.807) is 29.2 Å². The fourth-order valence-electron chi connectivity index (χ4n) is 5.24. The average Bonchev–Trinajstić information content (AvgIpc) is 3.01. The second kappa shape index (κ2) is 20.3. The maximum absolute atomic E-state index is 12.1. The van der Waals surface area contributed by atoms with Crippen molar-refractivity contribution >= 4 is 11.7 Å². The quantitative estimate of drug-likeness (QED) is 0.114. The van der Waals surface area contributed by atoms with Crippen LogP contribution in [0.1, 0.15) is 110 Å². The Balaban J connectivity index is 1.27. The molecule has 0 aliphatic heterocycles. The van der Waals surface area contributed by atoms with Gasteiger partial charge in [-0.25, -0.2) is 4.79 Å². The van der Waals surface area contributed by atoms with E-state index in [2.05, 4.69) is 6.92 Å². The van der Waals surface area contributed by atoms with E-state index in [9.17, 15) is 9.90 Å². The molecule has 0 fully saturated rings. The minimum absolute atomic E-state index is 0.196. The number of hydrogen-bond acceptors (Lipinski definition) is 4. The molecule has 6 heteroatoms. The Morgan fingerprint density at radius 2 is 0.884 bits per heavy atom. The molecule has 0 saturated carbocycles. The van der Waals surface area contributed by atoms with Crippen molar-refractivity contribution in [2.45, 2.75) is 110 Å². The summed E-state index contributed by atoms with van der Waals surface area (Å²) >= 11 is 0. The number of nitrogens with zero attached hydrogens (tertiary/aromatic N) is 1. The van der Waals surface area contributed by atoms with Crippen molar-refractivity contribution in [1.82, 2.24) is 0 Å². The van der Waals surface area contributed by atoms with Crippen LogP contribution in [0.15, 0.2) is 72.8 Å². The van der Waals surface area contributed by atoms with Crippen molar-refractivity contribution in [3.05, 3.63) is 72.8 Å². The summed E-state index contributed by atoms with van der Waals surface area (Å²) in [5.41, 5.74) is 6.48. The van der Waals surface area contributed by atoms with Crippen LogP contribution in [0.25, 0.3) is 0 Å². The summed E-state index contributed by atoms with van der Waals surface area (Å²) in [5, 5.41) is 9.40. The lowest BCUT2D eigenvalue weighted by atomic mass is 10.0. The van der Waals surface area contributed by atoms with Gasteiger partial charge in [0.05, 0.1) is 0 Å². The number of benzene rings is 3. The second-order valence-corrected chi connectivity index (χ2v) is 11.5. The minimum atomic E-state index is -0.432. The van der Waals surface area contributed by atoms with Crippen molar-refractivity contribution in [2.24, 2.45) is 5.73 Å². The lowest BCUT2D eigenvalue weighted by Crippen LogP contribution is -2.36. The Kier molecular flexibility index (Phi) is 15.9. The standard InChI is InChI=1S/C37H52N2O4/c1-2-3-4-5-6-7-8-9-10-11-12-13-14-15-16-17-30-39(37(38)41)31-18-22-33(23-19-31)42-35-26-28-36(29-27-35)43-34-24-20-32(40)21-25-34/h18-29,40H,2-17,30H2,1H3,(H2,38,41). The summed E-state index contributed by atoms with van der Waals surface area (Å²) in [6.45, 7) is 2.90. The Labute approximate surface area is 259 Å². The van der Waals surface area contributed by atoms with Gasteiger partial charge in [0.1, 0.15) is 28.7 Å². The fourth-order valence-corrected chi connectivity index (χ4v) is 5.24. The van der Waals surface area contributed by atoms with Gasteiger partial charge in [-0.2, -0.15) is 0 Å². The maximum atomic E-state index is 12.1. The fraction of sp³-hybridized carbons (Fsp3) is 0.486.